The molecule has 0 unspecified atom stereocenters. The fourth-order valence-corrected chi connectivity index (χ4v) is 5.13. The van der Waals surface area contributed by atoms with Crippen molar-refractivity contribution in [2.75, 3.05) is 5.75 Å². The second-order valence-electron chi connectivity index (χ2n) is 7.26. The average Bonchev–Trinajstić information content (AvgIpc) is 3.21. The Bertz CT molecular complexity index is 1380. The van der Waals surface area contributed by atoms with Crippen LogP contribution in [0.3, 0.4) is 0 Å². The van der Waals surface area contributed by atoms with Gasteiger partial charge in [-0.25, -0.2) is 9.37 Å². The first-order valence-corrected chi connectivity index (χ1v) is 12.0. The highest BCUT2D eigenvalue weighted by atomic mass is 35.5. The standard InChI is InChI=1S/C23H19ClFN3O2S2/c1-13-3-6-19(14(2)9-13)28-22(30)21-18(7-8-31-21)27-23(28)32-12-20(29)26-11-15-4-5-16(25)10-17(15)24/h3-10H,11-12H2,1-2H3,(H,26,29). The molecule has 0 aliphatic heterocycles. The molecule has 4 rings (SSSR count). The van der Waals surface area contributed by atoms with Crippen molar-refractivity contribution in [3.63, 3.8) is 0 Å². The molecule has 4 aromatic rings. The predicted octanol–water partition coefficient (Wildman–Crippen LogP) is 5.27. The molecule has 0 radical (unpaired) electrons. The van der Waals surface area contributed by atoms with E-state index in [2.05, 4.69) is 10.3 Å². The minimum Gasteiger partial charge on any atom is -0.351 e. The van der Waals surface area contributed by atoms with Crippen LogP contribution in [0.2, 0.25) is 5.02 Å². The Kier molecular flexibility index (Phi) is 6.64. The number of nitrogens with zero attached hydrogens (tertiary/aromatic N) is 2. The van der Waals surface area contributed by atoms with Crippen molar-refractivity contribution in [3.05, 3.63) is 85.7 Å². The molecule has 1 N–H and O–H groups in total. The molecule has 0 aliphatic rings. The van der Waals surface area contributed by atoms with Crippen molar-refractivity contribution < 1.29 is 9.18 Å². The van der Waals surface area contributed by atoms with Gasteiger partial charge in [-0.05, 0) is 54.6 Å². The quantitative estimate of drug-likeness (QED) is 0.297. The number of carbonyl (C=O) groups is 1. The van der Waals surface area contributed by atoms with Gasteiger partial charge < -0.3 is 5.32 Å². The molecular weight excluding hydrogens is 469 g/mol. The molecule has 2 aromatic heterocycles. The third-order valence-corrected chi connectivity index (χ3v) is 7.05. The van der Waals surface area contributed by atoms with Crippen LogP contribution in [0.15, 0.2) is 57.8 Å². The monoisotopic (exact) mass is 487 g/mol. The first-order chi connectivity index (χ1) is 15.3. The summed E-state index contributed by atoms with van der Waals surface area (Å²) in [6, 6.07) is 11.7. The molecule has 164 valence electrons. The van der Waals surface area contributed by atoms with Crippen molar-refractivity contribution in [1.82, 2.24) is 14.9 Å². The van der Waals surface area contributed by atoms with Crippen molar-refractivity contribution in [3.8, 4) is 5.69 Å². The third kappa shape index (κ3) is 4.72. The number of carbonyl (C=O) groups excluding carboxylic acids is 1. The predicted molar refractivity (Wildman–Crippen MR) is 129 cm³/mol. The maximum atomic E-state index is 13.2. The van der Waals surface area contributed by atoms with Gasteiger partial charge in [0.15, 0.2) is 5.16 Å². The van der Waals surface area contributed by atoms with E-state index in [9.17, 15) is 14.0 Å². The molecule has 0 bridgehead atoms. The number of aromatic nitrogens is 2. The second-order valence-corrected chi connectivity index (χ2v) is 9.53. The summed E-state index contributed by atoms with van der Waals surface area (Å²) in [6.07, 6.45) is 0. The van der Waals surface area contributed by atoms with Crippen LogP contribution in [-0.2, 0) is 11.3 Å². The first kappa shape index (κ1) is 22.5. The fraction of sp³-hybridized carbons (Fsp3) is 0.174. The molecule has 0 saturated carbocycles. The minimum absolute atomic E-state index is 0.0613. The Hall–Kier alpha value is -2.68. The summed E-state index contributed by atoms with van der Waals surface area (Å²) in [5.41, 5.74) is 3.86. The van der Waals surface area contributed by atoms with Crippen LogP contribution in [-0.4, -0.2) is 21.2 Å². The SMILES string of the molecule is Cc1ccc(-n2c(SCC(=O)NCc3ccc(F)cc3Cl)nc3ccsc3c2=O)c(C)c1. The minimum atomic E-state index is -0.431. The molecule has 0 atom stereocenters. The van der Waals surface area contributed by atoms with Crippen LogP contribution in [0.1, 0.15) is 16.7 Å². The number of benzene rings is 2. The number of thiophene rings is 1. The van der Waals surface area contributed by atoms with Crippen LogP contribution < -0.4 is 10.9 Å². The number of amides is 1. The van der Waals surface area contributed by atoms with Crippen LogP contribution in [0.5, 0.6) is 0 Å². The Balaban J connectivity index is 1.58. The summed E-state index contributed by atoms with van der Waals surface area (Å²) in [6.45, 7) is 4.12. The normalized spacial score (nSPS) is 11.1. The van der Waals surface area contributed by atoms with E-state index in [0.717, 1.165) is 16.8 Å². The van der Waals surface area contributed by atoms with Gasteiger partial charge in [0.1, 0.15) is 10.5 Å². The molecule has 5 nitrogen and oxygen atoms in total. The lowest BCUT2D eigenvalue weighted by atomic mass is 10.1. The van der Waals surface area contributed by atoms with E-state index in [1.54, 1.807) is 10.6 Å². The maximum Gasteiger partial charge on any atom is 0.276 e. The van der Waals surface area contributed by atoms with E-state index < -0.39 is 5.82 Å². The van der Waals surface area contributed by atoms with Crippen LogP contribution in [0.25, 0.3) is 15.9 Å². The van der Waals surface area contributed by atoms with Crippen LogP contribution >= 0.6 is 34.7 Å². The average molecular weight is 488 g/mol. The molecule has 1 amide bonds. The Morgan fingerprint density at radius 2 is 2.03 bits per heavy atom. The lowest BCUT2D eigenvalue weighted by Gasteiger charge is -2.15. The molecule has 0 fully saturated rings. The highest BCUT2D eigenvalue weighted by Crippen LogP contribution is 2.25. The van der Waals surface area contributed by atoms with Gasteiger partial charge in [0, 0.05) is 11.6 Å². The summed E-state index contributed by atoms with van der Waals surface area (Å²) in [7, 11) is 0. The molecule has 32 heavy (non-hydrogen) atoms. The van der Waals surface area contributed by atoms with E-state index in [-0.39, 0.29) is 28.8 Å². The van der Waals surface area contributed by atoms with Gasteiger partial charge in [0.25, 0.3) is 5.56 Å². The molecule has 2 heterocycles. The summed E-state index contributed by atoms with van der Waals surface area (Å²) >= 11 is 8.56. The van der Waals surface area contributed by atoms with Gasteiger partial charge in [0.2, 0.25) is 5.91 Å². The highest BCUT2D eigenvalue weighted by Gasteiger charge is 2.17. The van der Waals surface area contributed by atoms with E-state index in [1.165, 1.54) is 41.3 Å². The number of rotatable bonds is 6. The number of aryl methyl sites for hydroxylation is 2. The second kappa shape index (κ2) is 9.44. The van der Waals surface area contributed by atoms with Gasteiger partial charge in [-0.1, -0.05) is 47.1 Å². The van der Waals surface area contributed by atoms with Crippen molar-refractivity contribution in [1.29, 1.82) is 0 Å². The number of hydrogen-bond donors (Lipinski definition) is 1. The van der Waals surface area contributed by atoms with E-state index >= 15 is 0 Å². The zero-order chi connectivity index (χ0) is 22.8. The molecule has 2 aromatic carbocycles. The molecular formula is C23H19ClFN3O2S2. The zero-order valence-electron chi connectivity index (χ0n) is 17.3. The number of halogens is 2. The Morgan fingerprint density at radius 3 is 2.78 bits per heavy atom. The lowest BCUT2D eigenvalue weighted by molar-refractivity contribution is -0.118. The van der Waals surface area contributed by atoms with Gasteiger partial charge in [-0.2, -0.15) is 0 Å². The highest BCUT2D eigenvalue weighted by molar-refractivity contribution is 7.99. The Labute approximate surface area is 197 Å². The van der Waals surface area contributed by atoms with Gasteiger partial charge in [0.05, 0.1) is 17.0 Å². The first-order valence-electron chi connectivity index (χ1n) is 9.75. The van der Waals surface area contributed by atoms with Crippen molar-refractivity contribution in [2.45, 2.75) is 25.5 Å². The fourth-order valence-electron chi connectivity index (χ4n) is 3.30. The van der Waals surface area contributed by atoms with Gasteiger partial charge in [-0.15, -0.1) is 11.3 Å². The van der Waals surface area contributed by atoms with Crippen molar-refractivity contribution >= 4 is 50.8 Å². The summed E-state index contributed by atoms with van der Waals surface area (Å²) in [4.78, 5) is 30.3. The molecule has 0 spiro atoms. The largest absolute Gasteiger partial charge is 0.351 e. The van der Waals surface area contributed by atoms with Crippen LogP contribution in [0.4, 0.5) is 4.39 Å². The number of fused-ring (bicyclic) bond motifs is 1. The van der Waals surface area contributed by atoms with E-state index in [4.69, 9.17) is 11.6 Å². The van der Waals surface area contributed by atoms with Gasteiger partial charge in [-0.3, -0.25) is 14.2 Å². The summed E-state index contributed by atoms with van der Waals surface area (Å²) in [5, 5.41) is 5.31. The molecule has 9 heteroatoms. The van der Waals surface area contributed by atoms with E-state index in [1.807, 2.05) is 37.4 Å². The number of hydrogen-bond acceptors (Lipinski definition) is 5. The smallest absolute Gasteiger partial charge is 0.276 e. The van der Waals surface area contributed by atoms with E-state index in [0.29, 0.717) is 20.9 Å². The summed E-state index contributed by atoms with van der Waals surface area (Å²) in [5.74, 6) is -0.617. The zero-order valence-corrected chi connectivity index (χ0v) is 19.7. The Morgan fingerprint density at radius 1 is 1.22 bits per heavy atom. The summed E-state index contributed by atoms with van der Waals surface area (Å²) < 4.78 is 15.3. The topological polar surface area (TPSA) is 64.0 Å². The van der Waals surface area contributed by atoms with Crippen molar-refractivity contribution in [2.24, 2.45) is 0 Å². The van der Waals surface area contributed by atoms with Gasteiger partial charge >= 0.3 is 0 Å². The molecule has 0 aliphatic carbocycles. The third-order valence-electron chi connectivity index (χ3n) is 4.87. The lowest BCUT2D eigenvalue weighted by Crippen LogP contribution is -2.26. The maximum absolute atomic E-state index is 13.2. The number of thioether (sulfide) groups is 1. The van der Waals surface area contributed by atoms with Crippen LogP contribution in [0, 0.1) is 19.7 Å². The number of nitrogens with one attached hydrogen (secondary N) is 1. The molecule has 0 saturated heterocycles.